The fraction of sp³-hybridized carbons (Fsp3) is 0.900. The minimum Gasteiger partial charge on any atom is -0.468 e. The molecule has 1 aliphatic rings. The highest BCUT2D eigenvalue weighted by atomic mass is 35.5. The zero-order valence-corrected chi connectivity index (χ0v) is 10.4. The van der Waals surface area contributed by atoms with E-state index >= 15 is 0 Å². The second-order valence-electron chi connectivity index (χ2n) is 4.30. The lowest BCUT2D eigenvalue weighted by molar-refractivity contribution is -0.151. The molecule has 2 N–H and O–H groups in total. The van der Waals surface area contributed by atoms with Crippen LogP contribution in [-0.4, -0.2) is 31.3 Å². The minimum atomic E-state index is -0.799. The number of esters is 1. The lowest BCUT2D eigenvalue weighted by Gasteiger charge is -2.40. The van der Waals surface area contributed by atoms with E-state index in [1.54, 1.807) is 7.11 Å². The van der Waals surface area contributed by atoms with Crippen molar-refractivity contribution in [2.45, 2.75) is 43.7 Å². The maximum Gasteiger partial charge on any atom is 0.325 e. The molecule has 5 heteroatoms. The van der Waals surface area contributed by atoms with Gasteiger partial charge in [-0.3, -0.25) is 4.79 Å². The molecule has 0 bridgehead atoms. The van der Waals surface area contributed by atoms with Gasteiger partial charge in [0.05, 0.1) is 12.7 Å². The third kappa shape index (κ3) is 3.06. The van der Waals surface area contributed by atoms with Crippen LogP contribution in [0.1, 0.15) is 32.6 Å². The molecule has 0 aromatic carbocycles. The second-order valence-corrected chi connectivity index (χ2v) is 4.30. The van der Waals surface area contributed by atoms with Gasteiger partial charge >= 0.3 is 5.97 Å². The molecule has 0 heterocycles. The minimum absolute atomic E-state index is 0. The van der Waals surface area contributed by atoms with Gasteiger partial charge in [0.25, 0.3) is 0 Å². The normalized spacial score (nSPS) is 35.5. The van der Waals surface area contributed by atoms with Crippen LogP contribution >= 0.6 is 12.4 Å². The predicted octanol–water partition coefficient (Wildman–Crippen LogP) is 1.26. The Morgan fingerprint density at radius 2 is 1.67 bits per heavy atom. The van der Waals surface area contributed by atoms with Crippen molar-refractivity contribution in [2.75, 3.05) is 14.2 Å². The Bertz CT molecular complexity index is 225. The summed E-state index contributed by atoms with van der Waals surface area (Å²) in [6, 6.07) is 0. The van der Waals surface area contributed by atoms with Crippen molar-refractivity contribution < 1.29 is 14.3 Å². The molecule has 1 fully saturated rings. The van der Waals surface area contributed by atoms with E-state index in [0.717, 1.165) is 12.8 Å². The van der Waals surface area contributed by atoms with E-state index in [2.05, 4.69) is 4.74 Å². The van der Waals surface area contributed by atoms with Gasteiger partial charge in [-0.15, -0.1) is 12.4 Å². The highest BCUT2D eigenvalue weighted by molar-refractivity contribution is 5.85. The van der Waals surface area contributed by atoms with Crippen molar-refractivity contribution in [1.82, 2.24) is 0 Å². The number of carbonyl (C=O) groups is 1. The molecular weight excluding hydrogens is 218 g/mol. The number of carbonyl (C=O) groups excluding carboxylic acids is 1. The lowest BCUT2D eigenvalue weighted by Crippen LogP contribution is -2.54. The Balaban J connectivity index is 0.00000196. The average Bonchev–Trinajstić information content (AvgIpc) is 2.22. The van der Waals surface area contributed by atoms with Gasteiger partial charge in [-0.25, -0.2) is 0 Å². The Hall–Kier alpha value is -0.320. The van der Waals surface area contributed by atoms with Crippen molar-refractivity contribution in [3.05, 3.63) is 0 Å². The number of halogens is 1. The molecule has 0 unspecified atom stereocenters. The smallest absolute Gasteiger partial charge is 0.325 e. The number of hydrogen-bond acceptors (Lipinski definition) is 4. The van der Waals surface area contributed by atoms with Crippen molar-refractivity contribution in [1.29, 1.82) is 0 Å². The zero-order valence-electron chi connectivity index (χ0n) is 9.54. The molecular formula is C10H20ClNO3. The van der Waals surface area contributed by atoms with E-state index in [-0.39, 0.29) is 24.0 Å². The second kappa shape index (κ2) is 5.14. The van der Waals surface area contributed by atoms with E-state index in [4.69, 9.17) is 10.5 Å². The van der Waals surface area contributed by atoms with Gasteiger partial charge in [-0.2, -0.15) is 0 Å². The number of hydrogen-bond donors (Lipinski definition) is 1. The average molecular weight is 238 g/mol. The van der Waals surface area contributed by atoms with Crippen LogP contribution in [0.4, 0.5) is 0 Å². The van der Waals surface area contributed by atoms with Gasteiger partial charge in [0.1, 0.15) is 5.54 Å². The SMILES string of the molecule is COC(=O)C1(N)CCC(C)(OC)CC1.Cl. The monoisotopic (exact) mass is 237 g/mol. The number of nitrogens with two attached hydrogens (primary N) is 1. The first kappa shape index (κ1) is 14.7. The Morgan fingerprint density at radius 1 is 1.20 bits per heavy atom. The maximum atomic E-state index is 11.4. The van der Waals surface area contributed by atoms with Crippen LogP contribution in [0.25, 0.3) is 0 Å². The third-order valence-corrected chi connectivity index (χ3v) is 3.28. The van der Waals surface area contributed by atoms with E-state index < -0.39 is 5.54 Å². The number of ether oxygens (including phenoxy) is 2. The fourth-order valence-corrected chi connectivity index (χ4v) is 1.84. The molecule has 0 saturated heterocycles. The van der Waals surface area contributed by atoms with Gasteiger partial charge in [0.15, 0.2) is 0 Å². The van der Waals surface area contributed by atoms with E-state index in [9.17, 15) is 4.79 Å². The summed E-state index contributed by atoms with van der Waals surface area (Å²) in [5.41, 5.74) is 5.03. The first-order valence-corrected chi connectivity index (χ1v) is 4.88. The van der Waals surface area contributed by atoms with E-state index in [1.165, 1.54) is 7.11 Å². The van der Waals surface area contributed by atoms with Crippen LogP contribution in [0.3, 0.4) is 0 Å². The molecule has 0 spiro atoms. The van der Waals surface area contributed by atoms with Crippen LogP contribution < -0.4 is 5.73 Å². The first-order chi connectivity index (χ1) is 6.46. The molecule has 1 aliphatic carbocycles. The topological polar surface area (TPSA) is 61.5 Å². The molecule has 15 heavy (non-hydrogen) atoms. The summed E-state index contributed by atoms with van der Waals surface area (Å²) in [5.74, 6) is -0.310. The summed E-state index contributed by atoms with van der Waals surface area (Å²) in [4.78, 5) is 11.4. The van der Waals surface area contributed by atoms with E-state index in [0.29, 0.717) is 12.8 Å². The lowest BCUT2D eigenvalue weighted by atomic mass is 9.75. The summed E-state index contributed by atoms with van der Waals surface area (Å²) < 4.78 is 10.1. The van der Waals surface area contributed by atoms with Crippen LogP contribution in [0.15, 0.2) is 0 Å². The van der Waals surface area contributed by atoms with Crippen molar-refractivity contribution in [3.63, 3.8) is 0 Å². The standard InChI is InChI=1S/C10H19NO3.ClH/c1-9(14-3)4-6-10(11,7-5-9)8(12)13-2;/h4-7,11H2,1-3H3;1H. The quantitative estimate of drug-likeness (QED) is 0.735. The zero-order chi connectivity index (χ0) is 10.8. The van der Waals surface area contributed by atoms with E-state index in [1.807, 2.05) is 6.92 Å². The van der Waals surface area contributed by atoms with Crippen LogP contribution in [0, 0.1) is 0 Å². The molecule has 0 radical (unpaired) electrons. The third-order valence-electron chi connectivity index (χ3n) is 3.28. The molecule has 0 aliphatic heterocycles. The highest BCUT2D eigenvalue weighted by Gasteiger charge is 2.43. The molecule has 1 rings (SSSR count). The molecule has 0 atom stereocenters. The molecule has 0 aromatic rings. The van der Waals surface area contributed by atoms with Crippen molar-refractivity contribution in [2.24, 2.45) is 5.73 Å². The van der Waals surface area contributed by atoms with Gasteiger partial charge < -0.3 is 15.2 Å². The Kier molecular flexibility index (Phi) is 5.03. The molecule has 4 nitrogen and oxygen atoms in total. The molecule has 0 amide bonds. The summed E-state index contributed by atoms with van der Waals surface area (Å²) >= 11 is 0. The van der Waals surface area contributed by atoms with Gasteiger partial charge in [0, 0.05) is 7.11 Å². The predicted molar refractivity (Wildman–Crippen MR) is 60.1 cm³/mol. The van der Waals surface area contributed by atoms with Crippen LogP contribution in [0.2, 0.25) is 0 Å². The summed E-state index contributed by atoms with van der Waals surface area (Å²) in [5, 5.41) is 0. The fourth-order valence-electron chi connectivity index (χ4n) is 1.84. The maximum absolute atomic E-state index is 11.4. The first-order valence-electron chi connectivity index (χ1n) is 4.88. The van der Waals surface area contributed by atoms with Crippen LogP contribution in [0.5, 0.6) is 0 Å². The Labute approximate surface area is 96.9 Å². The summed E-state index contributed by atoms with van der Waals surface area (Å²) in [6.07, 6.45) is 2.86. The Morgan fingerprint density at radius 3 is 2.00 bits per heavy atom. The van der Waals surface area contributed by atoms with Crippen LogP contribution in [-0.2, 0) is 14.3 Å². The summed E-state index contributed by atoms with van der Waals surface area (Å²) in [6.45, 7) is 2.05. The van der Waals surface area contributed by atoms with Gasteiger partial charge in [-0.05, 0) is 32.6 Å². The largest absolute Gasteiger partial charge is 0.468 e. The molecule has 0 aromatic heterocycles. The van der Waals surface area contributed by atoms with Gasteiger partial charge in [0.2, 0.25) is 0 Å². The molecule has 1 saturated carbocycles. The highest BCUT2D eigenvalue weighted by Crippen LogP contribution is 2.35. The van der Waals surface area contributed by atoms with Gasteiger partial charge in [-0.1, -0.05) is 0 Å². The van der Waals surface area contributed by atoms with Crippen molar-refractivity contribution in [3.8, 4) is 0 Å². The van der Waals surface area contributed by atoms with Crippen molar-refractivity contribution >= 4 is 18.4 Å². The summed E-state index contributed by atoms with van der Waals surface area (Å²) in [7, 11) is 3.07. The molecule has 90 valence electrons. The number of methoxy groups -OCH3 is 2. The number of rotatable bonds is 2.